The number of unbranched alkanes of at least 4 members (excludes halogenated alkanes) is 1. The van der Waals surface area contributed by atoms with Crippen LogP contribution in [0.15, 0.2) is 42.5 Å². The fourth-order valence-corrected chi connectivity index (χ4v) is 4.80. The molecule has 2 aromatic rings. The van der Waals surface area contributed by atoms with E-state index in [1.807, 2.05) is 0 Å². The molecule has 1 saturated heterocycles. The van der Waals surface area contributed by atoms with Crippen molar-refractivity contribution in [2.75, 3.05) is 33.8 Å². The molecule has 7 nitrogen and oxygen atoms in total. The van der Waals surface area contributed by atoms with Gasteiger partial charge in [0.25, 0.3) is 0 Å². The molecule has 1 heterocycles. The van der Waals surface area contributed by atoms with E-state index in [9.17, 15) is 13.2 Å². The number of carbonyl (C=O) groups is 1. The van der Waals surface area contributed by atoms with Gasteiger partial charge in [0.05, 0.1) is 23.1 Å². The van der Waals surface area contributed by atoms with Gasteiger partial charge in [-0.1, -0.05) is 24.9 Å². The largest absolute Gasteiger partial charge is 0.494 e. The molecule has 1 aliphatic heterocycles. The van der Waals surface area contributed by atoms with E-state index in [0.717, 1.165) is 18.6 Å². The topological polar surface area (TPSA) is 87.7 Å². The molecule has 156 valence electrons. The van der Waals surface area contributed by atoms with Gasteiger partial charge in [0.15, 0.2) is 0 Å². The number of amides is 2. The van der Waals surface area contributed by atoms with Gasteiger partial charge in [-0.15, -0.1) is 0 Å². The highest BCUT2D eigenvalue weighted by Gasteiger charge is 2.30. The Kier molecular flexibility index (Phi) is 6.87. The summed E-state index contributed by atoms with van der Waals surface area (Å²) in [5.41, 5.74) is 1.43. The SMILES string of the molecule is CCCCOc1ccc(NC(=O)Nc2ccc(Cl)c(N3CCCS3(=O)=O)c2)cc1. The van der Waals surface area contributed by atoms with Gasteiger partial charge < -0.3 is 15.4 Å². The van der Waals surface area contributed by atoms with Crippen LogP contribution in [-0.2, 0) is 10.0 Å². The Hall–Kier alpha value is -2.45. The number of nitrogens with zero attached hydrogens (tertiary/aromatic N) is 1. The van der Waals surface area contributed by atoms with Gasteiger partial charge in [0.1, 0.15) is 5.75 Å². The highest BCUT2D eigenvalue weighted by atomic mass is 35.5. The Balaban J connectivity index is 1.63. The lowest BCUT2D eigenvalue weighted by Gasteiger charge is -2.19. The minimum absolute atomic E-state index is 0.0969. The molecule has 1 aliphatic rings. The second kappa shape index (κ2) is 9.37. The predicted molar refractivity (Wildman–Crippen MR) is 117 cm³/mol. The van der Waals surface area contributed by atoms with Crippen LogP contribution >= 0.6 is 11.6 Å². The smallest absolute Gasteiger partial charge is 0.323 e. The van der Waals surface area contributed by atoms with E-state index in [2.05, 4.69) is 17.6 Å². The maximum absolute atomic E-state index is 12.3. The van der Waals surface area contributed by atoms with Crippen molar-refractivity contribution in [3.63, 3.8) is 0 Å². The Morgan fingerprint density at radius 3 is 2.48 bits per heavy atom. The van der Waals surface area contributed by atoms with Gasteiger partial charge in [-0.05, 0) is 55.3 Å². The quantitative estimate of drug-likeness (QED) is 0.614. The lowest BCUT2D eigenvalue weighted by molar-refractivity contribution is 0.262. The summed E-state index contributed by atoms with van der Waals surface area (Å²) in [6, 6.07) is 11.4. The summed E-state index contributed by atoms with van der Waals surface area (Å²) >= 11 is 6.18. The molecule has 0 spiro atoms. The summed E-state index contributed by atoms with van der Waals surface area (Å²) in [6.07, 6.45) is 2.61. The molecule has 0 bridgehead atoms. The molecule has 0 saturated carbocycles. The third-order valence-corrected chi connectivity index (χ3v) is 6.63. The second-order valence-corrected chi connectivity index (χ2v) is 9.13. The average molecular weight is 438 g/mol. The van der Waals surface area contributed by atoms with Crippen LogP contribution in [0.5, 0.6) is 5.75 Å². The highest BCUT2D eigenvalue weighted by molar-refractivity contribution is 7.93. The zero-order valence-electron chi connectivity index (χ0n) is 16.2. The minimum Gasteiger partial charge on any atom is -0.494 e. The molecule has 2 aromatic carbocycles. The number of hydrogen-bond donors (Lipinski definition) is 2. The Labute approximate surface area is 176 Å². The molecular formula is C20H24ClN3O4S. The summed E-state index contributed by atoms with van der Waals surface area (Å²) in [5, 5.41) is 5.76. The third kappa shape index (κ3) is 5.55. The van der Waals surface area contributed by atoms with Gasteiger partial charge in [-0.25, -0.2) is 13.2 Å². The second-order valence-electron chi connectivity index (χ2n) is 6.71. The molecule has 1 fully saturated rings. The van der Waals surface area contributed by atoms with Crippen LogP contribution in [0.25, 0.3) is 0 Å². The van der Waals surface area contributed by atoms with Crippen LogP contribution in [0.1, 0.15) is 26.2 Å². The number of nitrogens with one attached hydrogen (secondary N) is 2. The maximum atomic E-state index is 12.3. The van der Waals surface area contributed by atoms with E-state index in [4.69, 9.17) is 16.3 Å². The maximum Gasteiger partial charge on any atom is 0.323 e. The fraction of sp³-hybridized carbons (Fsp3) is 0.350. The number of anilines is 3. The van der Waals surface area contributed by atoms with Gasteiger partial charge in [-0.3, -0.25) is 4.31 Å². The van der Waals surface area contributed by atoms with Gasteiger partial charge in [-0.2, -0.15) is 0 Å². The predicted octanol–water partition coefficient (Wildman–Crippen LogP) is 4.70. The average Bonchev–Trinajstić information content (AvgIpc) is 3.04. The van der Waals surface area contributed by atoms with Crippen molar-refractivity contribution in [1.29, 1.82) is 0 Å². The number of urea groups is 1. The van der Waals surface area contributed by atoms with E-state index < -0.39 is 16.1 Å². The minimum atomic E-state index is -3.36. The van der Waals surface area contributed by atoms with Crippen LogP contribution in [0.3, 0.4) is 0 Å². The summed E-state index contributed by atoms with van der Waals surface area (Å²) < 4.78 is 31.2. The van der Waals surface area contributed by atoms with Crippen LogP contribution in [0.4, 0.5) is 21.9 Å². The summed E-state index contributed by atoms with van der Waals surface area (Å²) in [6.45, 7) is 3.14. The standard InChI is InChI=1S/C20H24ClN3O4S/c1-2-3-12-28-17-8-5-15(6-9-17)22-20(25)23-16-7-10-18(21)19(14-16)24-11-4-13-29(24,26)27/h5-10,14H,2-4,11-13H2,1H3,(H2,22,23,25). The first-order valence-electron chi connectivity index (χ1n) is 9.50. The summed E-state index contributed by atoms with van der Waals surface area (Å²) in [7, 11) is -3.36. The molecular weight excluding hydrogens is 414 g/mol. The monoisotopic (exact) mass is 437 g/mol. The molecule has 0 unspecified atom stereocenters. The first kappa shape index (κ1) is 21.3. The molecule has 9 heteroatoms. The van der Waals surface area contributed by atoms with Crippen molar-refractivity contribution in [2.24, 2.45) is 0 Å². The van der Waals surface area contributed by atoms with E-state index in [1.165, 1.54) is 4.31 Å². The lowest BCUT2D eigenvalue weighted by atomic mass is 10.2. The normalized spacial score (nSPS) is 15.2. The summed E-state index contributed by atoms with van der Waals surface area (Å²) in [4.78, 5) is 12.3. The van der Waals surface area contributed by atoms with Crippen LogP contribution in [0.2, 0.25) is 5.02 Å². The number of benzene rings is 2. The number of ether oxygens (including phenoxy) is 1. The number of rotatable bonds is 7. The Morgan fingerprint density at radius 1 is 1.14 bits per heavy atom. The van der Waals surface area contributed by atoms with Crippen molar-refractivity contribution in [3.05, 3.63) is 47.5 Å². The van der Waals surface area contributed by atoms with Gasteiger partial charge >= 0.3 is 6.03 Å². The fourth-order valence-electron chi connectivity index (χ4n) is 2.95. The molecule has 0 atom stereocenters. The molecule has 2 N–H and O–H groups in total. The van der Waals surface area contributed by atoms with E-state index in [1.54, 1.807) is 42.5 Å². The first-order chi connectivity index (χ1) is 13.9. The molecule has 0 radical (unpaired) electrons. The number of halogens is 1. The zero-order chi connectivity index (χ0) is 20.9. The van der Waals surface area contributed by atoms with E-state index in [0.29, 0.717) is 41.7 Å². The molecule has 2 amide bonds. The number of hydrogen-bond acceptors (Lipinski definition) is 4. The van der Waals surface area contributed by atoms with Crippen molar-refractivity contribution >= 4 is 44.7 Å². The Bertz CT molecular complexity index is 964. The van der Waals surface area contributed by atoms with Gasteiger partial charge in [0, 0.05) is 17.9 Å². The summed E-state index contributed by atoms with van der Waals surface area (Å²) in [5.74, 6) is 0.846. The van der Waals surface area contributed by atoms with Crippen LogP contribution in [0, 0.1) is 0 Å². The lowest BCUT2D eigenvalue weighted by Crippen LogP contribution is -2.26. The first-order valence-corrected chi connectivity index (χ1v) is 11.5. The molecule has 0 aromatic heterocycles. The number of carbonyl (C=O) groups excluding carboxylic acids is 1. The third-order valence-electron chi connectivity index (χ3n) is 4.45. The molecule has 29 heavy (non-hydrogen) atoms. The van der Waals surface area contributed by atoms with Crippen molar-refractivity contribution in [2.45, 2.75) is 26.2 Å². The van der Waals surface area contributed by atoms with Crippen molar-refractivity contribution in [1.82, 2.24) is 0 Å². The zero-order valence-corrected chi connectivity index (χ0v) is 17.7. The van der Waals surface area contributed by atoms with Gasteiger partial charge in [0.2, 0.25) is 10.0 Å². The van der Waals surface area contributed by atoms with Crippen LogP contribution < -0.4 is 19.7 Å². The van der Waals surface area contributed by atoms with Crippen molar-refractivity contribution < 1.29 is 17.9 Å². The van der Waals surface area contributed by atoms with Crippen LogP contribution in [-0.4, -0.2) is 33.4 Å². The van der Waals surface area contributed by atoms with Crippen molar-refractivity contribution in [3.8, 4) is 5.75 Å². The highest BCUT2D eigenvalue weighted by Crippen LogP contribution is 2.33. The molecule has 3 rings (SSSR count). The molecule has 0 aliphatic carbocycles. The van der Waals surface area contributed by atoms with E-state index >= 15 is 0 Å². The number of sulfonamides is 1. The van der Waals surface area contributed by atoms with E-state index in [-0.39, 0.29) is 5.75 Å². The Morgan fingerprint density at radius 2 is 1.83 bits per heavy atom.